The normalized spacial score (nSPS) is 14.1. The number of benzene rings is 1. The lowest BCUT2D eigenvalue weighted by atomic mass is 10.0. The van der Waals surface area contributed by atoms with Crippen LogP contribution in [0.5, 0.6) is 0 Å². The van der Waals surface area contributed by atoms with Crippen LogP contribution in [-0.4, -0.2) is 33.8 Å². The van der Waals surface area contributed by atoms with Crippen LogP contribution in [0.4, 0.5) is 11.4 Å². The molecule has 3 N–H and O–H groups in total. The van der Waals surface area contributed by atoms with Crippen LogP contribution in [0.25, 0.3) is 0 Å². The number of nitrogens with zero attached hydrogens (tertiary/aromatic N) is 1. The van der Waals surface area contributed by atoms with Crippen LogP contribution in [0.1, 0.15) is 46.5 Å². The molecule has 3 unspecified atom stereocenters. The van der Waals surface area contributed by atoms with Gasteiger partial charge in [0.1, 0.15) is 12.1 Å². The third-order valence-electron chi connectivity index (χ3n) is 4.02. The third-order valence-corrected chi connectivity index (χ3v) is 4.45. The summed E-state index contributed by atoms with van der Waals surface area (Å²) < 4.78 is 4.81. The van der Waals surface area contributed by atoms with Crippen molar-refractivity contribution in [2.45, 2.75) is 58.6 Å². The first-order valence-electron chi connectivity index (χ1n) is 9.32. The number of carbonyl (C=O) groups is 2. The van der Waals surface area contributed by atoms with E-state index in [9.17, 15) is 24.6 Å². The Morgan fingerprint density at radius 1 is 1.24 bits per heavy atom. The fraction of sp³-hybridized carbons (Fsp3) is 0.556. The van der Waals surface area contributed by atoms with E-state index in [2.05, 4.69) is 10.6 Å². The number of unbranched alkanes of at least 4 members (excludes halogenated alkanes) is 1. The van der Waals surface area contributed by atoms with Gasteiger partial charge in [-0.1, -0.05) is 33.6 Å². The standard InChI is InChI=1S/C18H27N3O7P/c1-4-5-6-16(28-29(26)27)18(23)20-15(11-12(2)3)17(22)19-13-7-9-14(10-8-13)21(24)25/h7-10,12,15-16,26H,4-6,11H2,1-3H3,(H,19,22)(H,20,23)/q-1. The van der Waals surface area contributed by atoms with Crippen molar-refractivity contribution in [2.24, 2.45) is 5.92 Å². The van der Waals surface area contributed by atoms with Crippen molar-refractivity contribution in [2.75, 3.05) is 5.32 Å². The second-order valence-electron chi connectivity index (χ2n) is 6.96. The molecule has 0 radical (unpaired) electrons. The monoisotopic (exact) mass is 428 g/mol. The zero-order valence-electron chi connectivity index (χ0n) is 16.7. The Kier molecular flexibility index (Phi) is 10.7. The summed E-state index contributed by atoms with van der Waals surface area (Å²) in [7, 11) is -2.96. The van der Waals surface area contributed by atoms with Crippen LogP contribution >= 0.6 is 8.60 Å². The highest BCUT2D eigenvalue weighted by Crippen LogP contribution is 2.25. The molecule has 0 heterocycles. The molecule has 11 heteroatoms. The van der Waals surface area contributed by atoms with Crippen LogP contribution in [0, 0.1) is 16.0 Å². The number of hydrogen-bond donors (Lipinski definition) is 3. The summed E-state index contributed by atoms with van der Waals surface area (Å²) in [4.78, 5) is 55.4. The van der Waals surface area contributed by atoms with Gasteiger partial charge in [-0.25, -0.2) is 0 Å². The van der Waals surface area contributed by atoms with Crippen LogP contribution < -0.4 is 15.5 Å². The molecule has 0 bridgehead atoms. The summed E-state index contributed by atoms with van der Waals surface area (Å²) in [6, 6.07) is 4.42. The van der Waals surface area contributed by atoms with E-state index >= 15 is 0 Å². The van der Waals surface area contributed by atoms with Crippen molar-refractivity contribution in [3.8, 4) is 0 Å². The molecule has 0 aromatic heterocycles. The summed E-state index contributed by atoms with van der Waals surface area (Å²) in [5.74, 6) is -1.06. The molecule has 0 aliphatic heterocycles. The molecule has 1 rings (SSSR count). The number of nitro benzene ring substituents is 1. The van der Waals surface area contributed by atoms with Gasteiger partial charge in [0.2, 0.25) is 11.8 Å². The molecule has 0 aliphatic rings. The molecule has 0 spiro atoms. The number of carbonyl (C=O) groups excluding carboxylic acids is 2. The van der Waals surface area contributed by atoms with Gasteiger partial charge in [-0.05, 0) is 30.9 Å². The molecule has 0 aliphatic carbocycles. The molecule has 0 saturated heterocycles. The minimum atomic E-state index is -2.96. The lowest BCUT2D eigenvalue weighted by Crippen LogP contribution is -2.48. The van der Waals surface area contributed by atoms with Gasteiger partial charge in [0.15, 0.2) is 0 Å². The van der Waals surface area contributed by atoms with E-state index in [1.54, 1.807) is 0 Å². The van der Waals surface area contributed by atoms with Gasteiger partial charge >= 0.3 is 0 Å². The third kappa shape index (κ3) is 9.27. The number of nitro groups is 1. The van der Waals surface area contributed by atoms with E-state index in [0.717, 1.165) is 6.42 Å². The predicted molar refractivity (Wildman–Crippen MR) is 107 cm³/mol. The number of amides is 2. The number of rotatable bonds is 12. The maximum absolute atomic E-state index is 12.7. The SMILES string of the molecule is CCCCC(OP([O-])O)C(=O)NC(CC(C)C)C(=O)Nc1ccc([N+](=O)[O-])cc1. The lowest BCUT2D eigenvalue weighted by molar-refractivity contribution is -0.384. The number of nitrogens with one attached hydrogen (secondary N) is 2. The molecule has 2 amide bonds. The molecular formula is C18H27N3O7P-. The van der Waals surface area contributed by atoms with Crippen LogP contribution in [0.3, 0.4) is 0 Å². The summed E-state index contributed by atoms with van der Waals surface area (Å²) in [6.45, 7) is 5.68. The van der Waals surface area contributed by atoms with E-state index in [1.807, 2.05) is 20.8 Å². The predicted octanol–water partition coefficient (Wildman–Crippen LogP) is 2.22. The van der Waals surface area contributed by atoms with Gasteiger partial charge in [0.25, 0.3) is 5.69 Å². The van der Waals surface area contributed by atoms with Crippen molar-refractivity contribution in [1.82, 2.24) is 5.32 Å². The highest BCUT2D eigenvalue weighted by atomic mass is 31.2. The molecule has 10 nitrogen and oxygen atoms in total. The minimum Gasteiger partial charge on any atom is -0.786 e. The second kappa shape index (κ2) is 12.4. The summed E-state index contributed by atoms with van der Waals surface area (Å²) in [5, 5.41) is 15.9. The Labute approximate surface area is 170 Å². The first-order valence-corrected chi connectivity index (χ1v) is 10.5. The first kappa shape index (κ1) is 24.9. The Balaban J connectivity index is 2.86. The summed E-state index contributed by atoms with van der Waals surface area (Å²) in [6.07, 6.45) is 0.834. The number of hydrogen-bond acceptors (Lipinski definition) is 7. The van der Waals surface area contributed by atoms with E-state index in [1.165, 1.54) is 24.3 Å². The maximum atomic E-state index is 12.7. The fourth-order valence-corrected chi connectivity index (χ4v) is 3.01. The molecular weight excluding hydrogens is 401 g/mol. The van der Waals surface area contributed by atoms with Crippen LogP contribution in [0.2, 0.25) is 0 Å². The largest absolute Gasteiger partial charge is 0.786 e. The zero-order valence-corrected chi connectivity index (χ0v) is 17.6. The van der Waals surface area contributed by atoms with Gasteiger partial charge < -0.3 is 24.9 Å². The van der Waals surface area contributed by atoms with Crippen molar-refractivity contribution in [3.63, 3.8) is 0 Å². The van der Waals surface area contributed by atoms with E-state index in [-0.39, 0.29) is 18.0 Å². The Hall–Kier alpha value is -2.13. The average Bonchev–Trinajstić information content (AvgIpc) is 2.64. The quantitative estimate of drug-likeness (QED) is 0.262. The average molecular weight is 428 g/mol. The van der Waals surface area contributed by atoms with Crippen molar-refractivity contribution >= 4 is 31.8 Å². The van der Waals surface area contributed by atoms with Gasteiger partial charge in [0, 0.05) is 17.8 Å². The highest BCUT2D eigenvalue weighted by molar-refractivity contribution is 7.37. The summed E-state index contributed by atoms with van der Waals surface area (Å²) >= 11 is 0. The Morgan fingerprint density at radius 2 is 1.86 bits per heavy atom. The molecule has 162 valence electrons. The topological polar surface area (TPSA) is 154 Å². The number of non-ortho nitro benzene ring substituents is 1. The van der Waals surface area contributed by atoms with E-state index in [4.69, 9.17) is 9.42 Å². The Morgan fingerprint density at radius 3 is 2.34 bits per heavy atom. The molecule has 0 saturated carbocycles. The molecule has 1 aromatic rings. The van der Waals surface area contributed by atoms with Crippen LogP contribution in [0.15, 0.2) is 24.3 Å². The first-order chi connectivity index (χ1) is 13.6. The van der Waals surface area contributed by atoms with Gasteiger partial charge in [0.05, 0.1) is 13.5 Å². The molecule has 0 fully saturated rings. The zero-order chi connectivity index (χ0) is 22.0. The van der Waals surface area contributed by atoms with Crippen molar-refractivity contribution in [3.05, 3.63) is 34.4 Å². The maximum Gasteiger partial charge on any atom is 0.269 e. The summed E-state index contributed by atoms with van der Waals surface area (Å²) in [5.41, 5.74) is 0.241. The van der Waals surface area contributed by atoms with E-state index in [0.29, 0.717) is 18.5 Å². The number of anilines is 1. The second-order valence-corrected chi connectivity index (χ2v) is 7.64. The molecule has 3 atom stereocenters. The van der Waals surface area contributed by atoms with Gasteiger partial charge in [-0.15, -0.1) is 0 Å². The molecule has 1 aromatic carbocycles. The Bertz CT molecular complexity index is 683. The van der Waals surface area contributed by atoms with Gasteiger partial charge in [-0.2, -0.15) is 0 Å². The smallest absolute Gasteiger partial charge is 0.269 e. The fourth-order valence-electron chi connectivity index (χ4n) is 2.59. The van der Waals surface area contributed by atoms with Crippen molar-refractivity contribution < 1.29 is 28.8 Å². The highest BCUT2D eigenvalue weighted by Gasteiger charge is 2.27. The van der Waals surface area contributed by atoms with Crippen molar-refractivity contribution in [1.29, 1.82) is 0 Å². The minimum absolute atomic E-state index is 0.0763. The van der Waals surface area contributed by atoms with E-state index < -0.39 is 37.5 Å². The lowest BCUT2D eigenvalue weighted by Gasteiger charge is -2.26. The van der Waals surface area contributed by atoms with Crippen LogP contribution in [-0.2, 0) is 14.1 Å². The van der Waals surface area contributed by atoms with Gasteiger partial charge in [-0.3, -0.25) is 19.7 Å². The molecule has 29 heavy (non-hydrogen) atoms.